The number of imidazole rings is 1. The fourth-order valence-corrected chi connectivity index (χ4v) is 4.83. The molecule has 0 radical (unpaired) electrons. The van der Waals surface area contributed by atoms with Gasteiger partial charge in [-0.3, -0.25) is 4.40 Å². The zero-order chi connectivity index (χ0) is 18.5. The Balaban J connectivity index is 1.56. The summed E-state index contributed by atoms with van der Waals surface area (Å²) >= 11 is 3.16. The molecule has 6 rings (SSSR count). The molecule has 0 aliphatic rings. The summed E-state index contributed by atoms with van der Waals surface area (Å²) in [5.41, 5.74) is 3.90. The van der Waals surface area contributed by atoms with Gasteiger partial charge < -0.3 is 0 Å². The lowest BCUT2D eigenvalue weighted by molar-refractivity contribution is 0.936. The van der Waals surface area contributed by atoms with Crippen LogP contribution in [0.2, 0.25) is 0 Å². The van der Waals surface area contributed by atoms with Gasteiger partial charge >= 0.3 is 0 Å². The van der Waals surface area contributed by atoms with E-state index in [-0.39, 0.29) is 0 Å². The number of H-pyrrole nitrogens is 1. The smallest absolute Gasteiger partial charge is 0.231 e. The van der Waals surface area contributed by atoms with Crippen LogP contribution in [0.4, 0.5) is 0 Å². The Labute approximate surface area is 167 Å². The number of rotatable bonds is 3. The Morgan fingerprint density at radius 1 is 0.893 bits per heavy atom. The van der Waals surface area contributed by atoms with Crippen LogP contribution in [0.3, 0.4) is 0 Å². The highest BCUT2D eigenvalue weighted by molar-refractivity contribution is 7.99. The molecule has 8 heteroatoms. The molecular formula is C20H12N6S2. The first-order chi connectivity index (χ1) is 13.9. The number of hydrogen-bond donors (Lipinski definition) is 1. The highest BCUT2D eigenvalue weighted by atomic mass is 32.2. The van der Waals surface area contributed by atoms with Crippen molar-refractivity contribution in [3.05, 3.63) is 65.4 Å². The Bertz CT molecular complexity index is 1450. The molecule has 0 saturated heterocycles. The first kappa shape index (κ1) is 15.8. The van der Waals surface area contributed by atoms with Crippen molar-refractivity contribution in [3.63, 3.8) is 0 Å². The summed E-state index contributed by atoms with van der Waals surface area (Å²) in [6.45, 7) is 0. The van der Waals surface area contributed by atoms with Crippen LogP contribution in [0.15, 0.2) is 75.5 Å². The van der Waals surface area contributed by atoms with Crippen LogP contribution in [0.1, 0.15) is 0 Å². The molecule has 134 valence electrons. The van der Waals surface area contributed by atoms with E-state index in [2.05, 4.69) is 20.6 Å². The summed E-state index contributed by atoms with van der Waals surface area (Å²) in [5.74, 6) is 1.45. The number of benzene rings is 2. The van der Waals surface area contributed by atoms with Gasteiger partial charge in [0.05, 0.1) is 16.6 Å². The van der Waals surface area contributed by atoms with E-state index in [0.717, 1.165) is 49.3 Å². The van der Waals surface area contributed by atoms with Gasteiger partial charge in [-0.05, 0) is 41.4 Å². The molecule has 1 N–H and O–H groups in total. The third-order valence-electron chi connectivity index (χ3n) is 4.54. The molecule has 0 aliphatic carbocycles. The second-order valence-corrected chi connectivity index (χ2v) is 7.99. The van der Waals surface area contributed by atoms with Crippen molar-refractivity contribution in [3.8, 4) is 11.4 Å². The van der Waals surface area contributed by atoms with Crippen molar-refractivity contribution in [1.29, 1.82) is 0 Å². The first-order valence-electron chi connectivity index (χ1n) is 8.65. The summed E-state index contributed by atoms with van der Waals surface area (Å²) in [6.07, 6.45) is 0. The SMILES string of the molecule is c1ccc2c(Sc3n[nH]c4nc5ccccc5n34)nc(-c3ccsc3)nc2c1. The van der Waals surface area contributed by atoms with Crippen molar-refractivity contribution >= 4 is 50.8 Å². The topological polar surface area (TPSA) is 71.8 Å². The lowest BCUT2D eigenvalue weighted by Crippen LogP contribution is -1.94. The van der Waals surface area contributed by atoms with Gasteiger partial charge in [0, 0.05) is 16.3 Å². The van der Waals surface area contributed by atoms with Crippen LogP contribution < -0.4 is 0 Å². The highest BCUT2D eigenvalue weighted by Gasteiger charge is 2.16. The van der Waals surface area contributed by atoms with Gasteiger partial charge in [-0.2, -0.15) is 11.3 Å². The minimum atomic E-state index is 0.722. The number of aromatic amines is 1. The number of para-hydroxylation sites is 3. The normalized spacial score (nSPS) is 11.7. The van der Waals surface area contributed by atoms with Crippen molar-refractivity contribution in [1.82, 2.24) is 29.5 Å². The van der Waals surface area contributed by atoms with Crippen LogP contribution in [-0.2, 0) is 0 Å². The number of nitrogens with one attached hydrogen (secondary N) is 1. The quantitative estimate of drug-likeness (QED) is 0.422. The van der Waals surface area contributed by atoms with E-state index in [4.69, 9.17) is 9.97 Å². The average molecular weight is 400 g/mol. The van der Waals surface area contributed by atoms with Crippen LogP contribution >= 0.6 is 23.1 Å². The molecule has 6 nitrogen and oxygen atoms in total. The molecule has 0 fully saturated rings. The zero-order valence-electron chi connectivity index (χ0n) is 14.4. The average Bonchev–Trinajstić information content (AvgIpc) is 3.46. The van der Waals surface area contributed by atoms with E-state index in [0.29, 0.717) is 0 Å². The Kier molecular flexibility index (Phi) is 3.47. The first-order valence-corrected chi connectivity index (χ1v) is 10.4. The van der Waals surface area contributed by atoms with Crippen LogP contribution in [-0.4, -0.2) is 29.5 Å². The molecule has 4 heterocycles. The van der Waals surface area contributed by atoms with E-state index >= 15 is 0 Å². The maximum atomic E-state index is 4.86. The summed E-state index contributed by atoms with van der Waals surface area (Å²) in [6, 6.07) is 18.1. The number of fused-ring (bicyclic) bond motifs is 4. The third-order valence-corrected chi connectivity index (χ3v) is 6.18. The molecular weight excluding hydrogens is 388 g/mol. The zero-order valence-corrected chi connectivity index (χ0v) is 16.0. The maximum Gasteiger partial charge on any atom is 0.231 e. The largest absolute Gasteiger partial charge is 0.254 e. The summed E-state index contributed by atoms with van der Waals surface area (Å²) < 4.78 is 2.03. The van der Waals surface area contributed by atoms with Crippen LogP contribution in [0.25, 0.3) is 39.1 Å². The van der Waals surface area contributed by atoms with E-state index < -0.39 is 0 Å². The Hall–Kier alpha value is -3.23. The van der Waals surface area contributed by atoms with Gasteiger partial charge in [-0.15, -0.1) is 5.10 Å². The number of hydrogen-bond acceptors (Lipinski definition) is 6. The molecule has 0 unspecified atom stereocenters. The van der Waals surface area contributed by atoms with Gasteiger partial charge in [0.2, 0.25) is 10.9 Å². The number of nitrogens with zero attached hydrogens (tertiary/aromatic N) is 5. The Morgan fingerprint density at radius 2 is 1.75 bits per heavy atom. The third kappa shape index (κ3) is 2.42. The fourth-order valence-electron chi connectivity index (χ4n) is 3.24. The van der Waals surface area contributed by atoms with E-state index in [9.17, 15) is 0 Å². The van der Waals surface area contributed by atoms with Crippen LogP contribution in [0, 0.1) is 0 Å². The molecule has 0 saturated carbocycles. The number of thiophene rings is 1. The second kappa shape index (κ2) is 6.15. The molecule has 4 aromatic heterocycles. The predicted octanol–water partition coefficient (Wildman–Crippen LogP) is 5.03. The van der Waals surface area contributed by atoms with E-state index in [1.165, 1.54) is 11.8 Å². The summed E-state index contributed by atoms with van der Waals surface area (Å²) in [4.78, 5) is 14.2. The second-order valence-electron chi connectivity index (χ2n) is 6.25. The van der Waals surface area contributed by atoms with Gasteiger partial charge in [0.15, 0.2) is 5.82 Å². The highest BCUT2D eigenvalue weighted by Crippen LogP contribution is 2.34. The monoisotopic (exact) mass is 400 g/mol. The van der Waals surface area contributed by atoms with E-state index in [1.807, 2.05) is 64.4 Å². The molecule has 0 spiro atoms. The summed E-state index contributed by atoms with van der Waals surface area (Å²) in [5, 5.41) is 14.3. The molecule has 0 atom stereocenters. The summed E-state index contributed by atoms with van der Waals surface area (Å²) in [7, 11) is 0. The molecule has 0 amide bonds. The molecule has 28 heavy (non-hydrogen) atoms. The lowest BCUT2D eigenvalue weighted by Gasteiger charge is -2.07. The lowest BCUT2D eigenvalue weighted by atomic mass is 10.2. The van der Waals surface area contributed by atoms with Crippen molar-refractivity contribution in [2.24, 2.45) is 0 Å². The van der Waals surface area contributed by atoms with Crippen molar-refractivity contribution in [2.45, 2.75) is 10.2 Å². The Morgan fingerprint density at radius 3 is 2.64 bits per heavy atom. The van der Waals surface area contributed by atoms with Gasteiger partial charge in [-0.1, -0.05) is 30.3 Å². The minimum Gasteiger partial charge on any atom is -0.254 e. The standard InChI is InChI=1S/C20H12N6S2/c1-2-6-14-13(5-1)18(23-17(21-14)12-9-10-27-11-12)28-20-25-24-19-22-15-7-3-4-8-16(15)26(19)20/h1-11H,(H,22,24). The number of aromatic nitrogens is 6. The predicted molar refractivity (Wildman–Crippen MR) is 112 cm³/mol. The minimum absolute atomic E-state index is 0.722. The molecule has 0 aliphatic heterocycles. The van der Waals surface area contributed by atoms with Crippen molar-refractivity contribution in [2.75, 3.05) is 0 Å². The molecule has 0 bridgehead atoms. The van der Waals surface area contributed by atoms with Gasteiger partial charge in [0.1, 0.15) is 5.03 Å². The van der Waals surface area contributed by atoms with Gasteiger partial charge in [0.25, 0.3) is 0 Å². The molecule has 2 aromatic carbocycles. The van der Waals surface area contributed by atoms with Crippen LogP contribution in [0.5, 0.6) is 0 Å². The van der Waals surface area contributed by atoms with E-state index in [1.54, 1.807) is 11.3 Å². The molecule has 6 aromatic rings. The van der Waals surface area contributed by atoms with Crippen molar-refractivity contribution < 1.29 is 0 Å². The fraction of sp³-hybridized carbons (Fsp3) is 0. The maximum absolute atomic E-state index is 4.86. The van der Waals surface area contributed by atoms with Gasteiger partial charge in [-0.25, -0.2) is 20.1 Å².